The van der Waals surface area contributed by atoms with Crippen molar-refractivity contribution in [1.82, 2.24) is 15.0 Å². The van der Waals surface area contributed by atoms with Gasteiger partial charge in [0.2, 0.25) is 0 Å². The number of pyridine rings is 1. The first-order valence-corrected chi connectivity index (χ1v) is 4.18. The summed E-state index contributed by atoms with van der Waals surface area (Å²) >= 11 is 0. The van der Waals surface area contributed by atoms with Gasteiger partial charge in [0.15, 0.2) is 0 Å². The number of aromatic amines is 2. The van der Waals surface area contributed by atoms with Gasteiger partial charge in [-0.25, -0.2) is 4.98 Å². The molecule has 0 aliphatic carbocycles. The molecule has 0 amide bonds. The third-order valence-electron chi connectivity index (χ3n) is 2.07. The van der Waals surface area contributed by atoms with E-state index >= 15 is 0 Å². The van der Waals surface area contributed by atoms with E-state index in [4.69, 9.17) is 5.73 Å². The SMILES string of the molecule is C=CCc1c(N)[nH]c(=O)c2[nH]cnc12.Cl. The highest BCUT2D eigenvalue weighted by molar-refractivity contribution is 5.85. The summed E-state index contributed by atoms with van der Waals surface area (Å²) in [5, 5.41) is 0. The lowest BCUT2D eigenvalue weighted by Crippen LogP contribution is -2.12. The van der Waals surface area contributed by atoms with Crippen LogP contribution in [0, 0.1) is 0 Å². The quantitative estimate of drug-likeness (QED) is 0.667. The van der Waals surface area contributed by atoms with Gasteiger partial charge in [-0.1, -0.05) is 6.08 Å². The maximum Gasteiger partial charge on any atom is 0.275 e. The molecule has 0 bridgehead atoms. The second kappa shape index (κ2) is 4.18. The number of fused-ring (bicyclic) bond motifs is 1. The van der Waals surface area contributed by atoms with Crippen molar-refractivity contribution < 1.29 is 0 Å². The van der Waals surface area contributed by atoms with Gasteiger partial charge in [-0.15, -0.1) is 19.0 Å². The van der Waals surface area contributed by atoms with Gasteiger partial charge in [0, 0.05) is 5.56 Å². The zero-order valence-electron chi connectivity index (χ0n) is 7.91. The molecule has 0 spiro atoms. The maximum atomic E-state index is 11.4. The molecule has 2 aromatic rings. The number of aromatic nitrogens is 3. The normalized spacial score (nSPS) is 9.87. The number of halogens is 1. The van der Waals surface area contributed by atoms with E-state index in [1.807, 2.05) is 0 Å². The molecular weight excluding hydrogens is 216 g/mol. The molecule has 15 heavy (non-hydrogen) atoms. The molecule has 0 aliphatic rings. The molecule has 4 N–H and O–H groups in total. The standard InChI is InChI=1S/C9H10N4O.ClH/c1-2-3-5-6-7(12-4-11-6)9(14)13-8(5)10;/h2,4H,1,3H2,(H,11,12)(H3,10,13,14);1H. The van der Waals surface area contributed by atoms with Gasteiger partial charge in [0.1, 0.15) is 16.9 Å². The summed E-state index contributed by atoms with van der Waals surface area (Å²) in [7, 11) is 0. The van der Waals surface area contributed by atoms with Crippen molar-refractivity contribution in [1.29, 1.82) is 0 Å². The number of imidazole rings is 1. The lowest BCUT2D eigenvalue weighted by atomic mass is 10.1. The molecule has 6 heteroatoms. The van der Waals surface area contributed by atoms with Gasteiger partial charge in [0.25, 0.3) is 5.56 Å². The van der Waals surface area contributed by atoms with Crippen LogP contribution in [0.5, 0.6) is 0 Å². The van der Waals surface area contributed by atoms with Crippen LogP contribution in [0.1, 0.15) is 5.56 Å². The number of rotatable bonds is 2. The van der Waals surface area contributed by atoms with Crippen LogP contribution in [0.4, 0.5) is 5.82 Å². The minimum atomic E-state index is -0.247. The number of H-pyrrole nitrogens is 2. The first-order chi connectivity index (χ1) is 6.74. The first-order valence-electron chi connectivity index (χ1n) is 4.18. The molecule has 0 unspecified atom stereocenters. The summed E-state index contributed by atoms with van der Waals surface area (Å²) in [5.74, 6) is 0.356. The van der Waals surface area contributed by atoms with Crippen LogP contribution >= 0.6 is 12.4 Å². The largest absolute Gasteiger partial charge is 0.385 e. The lowest BCUT2D eigenvalue weighted by Gasteiger charge is -2.02. The van der Waals surface area contributed by atoms with Gasteiger partial charge in [-0.3, -0.25) is 4.79 Å². The average molecular weight is 227 g/mol. The summed E-state index contributed by atoms with van der Waals surface area (Å²) in [4.78, 5) is 20.8. The summed E-state index contributed by atoms with van der Waals surface area (Å²) < 4.78 is 0. The second-order valence-electron chi connectivity index (χ2n) is 2.97. The van der Waals surface area contributed by atoms with Crippen LogP contribution in [0.3, 0.4) is 0 Å². The number of anilines is 1. The van der Waals surface area contributed by atoms with E-state index in [0.29, 0.717) is 23.3 Å². The molecule has 0 fully saturated rings. The molecule has 0 atom stereocenters. The van der Waals surface area contributed by atoms with Gasteiger partial charge < -0.3 is 15.7 Å². The van der Waals surface area contributed by atoms with Gasteiger partial charge >= 0.3 is 0 Å². The number of nitrogens with zero attached hydrogens (tertiary/aromatic N) is 1. The van der Waals surface area contributed by atoms with Crippen molar-refractivity contribution in [3.63, 3.8) is 0 Å². The van der Waals surface area contributed by atoms with Crippen LogP contribution in [0.25, 0.3) is 11.0 Å². The zero-order chi connectivity index (χ0) is 10.1. The van der Waals surface area contributed by atoms with Crippen LogP contribution in [-0.2, 0) is 6.42 Å². The summed E-state index contributed by atoms with van der Waals surface area (Å²) in [6, 6.07) is 0. The Bertz CT molecular complexity index is 543. The van der Waals surface area contributed by atoms with E-state index < -0.39 is 0 Å². The van der Waals surface area contributed by atoms with E-state index in [1.165, 1.54) is 6.33 Å². The Morgan fingerprint density at radius 1 is 1.60 bits per heavy atom. The van der Waals surface area contributed by atoms with Crippen LogP contribution in [0.2, 0.25) is 0 Å². The fourth-order valence-electron chi connectivity index (χ4n) is 1.43. The predicted molar refractivity (Wildman–Crippen MR) is 62.3 cm³/mol. The van der Waals surface area contributed by atoms with Crippen molar-refractivity contribution >= 4 is 29.3 Å². The third-order valence-corrected chi connectivity index (χ3v) is 2.07. The molecule has 2 rings (SSSR count). The van der Waals surface area contributed by atoms with E-state index in [0.717, 1.165) is 5.56 Å². The number of hydrogen-bond donors (Lipinski definition) is 3. The van der Waals surface area contributed by atoms with Crippen molar-refractivity contribution in [2.75, 3.05) is 5.73 Å². The molecular formula is C9H11ClN4O. The molecule has 2 aromatic heterocycles. The van der Waals surface area contributed by atoms with Crippen molar-refractivity contribution in [3.8, 4) is 0 Å². The fraction of sp³-hybridized carbons (Fsp3) is 0.111. The molecule has 0 aliphatic heterocycles. The minimum Gasteiger partial charge on any atom is -0.385 e. The third kappa shape index (κ3) is 1.73. The second-order valence-corrected chi connectivity index (χ2v) is 2.97. The summed E-state index contributed by atoms with van der Waals surface area (Å²) in [5.41, 5.74) is 7.30. The predicted octanol–water partition coefficient (Wildman–Crippen LogP) is 0.984. The smallest absolute Gasteiger partial charge is 0.275 e. The number of nitrogens with one attached hydrogen (secondary N) is 2. The first kappa shape index (κ1) is 11.3. The van der Waals surface area contributed by atoms with Gasteiger partial charge in [-0.2, -0.15) is 0 Å². The number of hydrogen-bond acceptors (Lipinski definition) is 3. The Kier molecular flexibility index (Phi) is 3.16. The van der Waals surface area contributed by atoms with Crippen molar-refractivity contribution in [2.45, 2.75) is 6.42 Å². The Labute approximate surface area is 91.8 Å². The lowest BCUT2D eigenvalue weighted by molar-refractivity contribution is 1.19. The molecule has 80 valence electrons. The van der Waals surface area contributed by atoms with E-state index in [2.05, 4.69) is 21.5 Å². The molecule has 2 heterocycles. The van der Waals surface area contributed by atoms with Crippen molar-refractivity contribution in [2.24, 2.45) is 0 Å². The molecule has 5 nitrogen and oxygen atoms in total. The highest BCUT2D eigenvalue weighted by Gasteiger charge is 2.09. The molecule has 0 saturated heterocycles. The number of allylic oxidation sites excluding steroid dienone is 1. The Hall–Kier alpha value is -1.75. The van der Waals surface area contributed by atoms with E-state index in [-0.39, 0.29) is 18.0 Å². The number of nitrogen functional groups attached to an aromatic ring is 1. The maximum absolute atomic E-state index is 11.4. The summed E-state index contributed by atoms with van der Waals surface area (Å²) in [6.45, 7) is 3.63. The topological polar surface area (TPSA) is 87.6 Å². The monoisotopic (exact) mass is 226 g/mol. The molecule has 0 saturated carbocycles. The van der Waals surface area contributed by atoms with Crippen LogP contribution in [0.15, 0.2) is 23.8 Å². The van der Waals surface area contributed by atoms with E-state index in [1.54, 1.807) is 6.08 Å². The molecule has 0 radical (unpaired) electrons. The average Bonchev–Trinajstić information content (AvgIpc) is 2.60. The summed E-state index contributed by atoms with van der Waals surface area (Å²) in [6.07, 6.45) is 3.79. The Morgan fingerprint density at radius 2 is 2.33 bits per heavy atom. The van der Waals surface area contributed by atoms with Crippen molar-refractivity contribution in [3.05, 3.63) is 34.9 Å². The van der Waals surface area contributed by atoms with Crippen LogP contribution < -0.4 is 11.3 Å². The van der Waals surface area contributed by atoms with Gasteiger partial charge in [0.05, 0.1) is 6.33 Å². The van der Waals surface area contributed by atoms with Gasteiger partial charge in [-0.05, 0) is 6.42 Å². The van der Waals surface area contributed by atoms with E-state index in [9.17, 15) is 4.79 Å². The zero-order valence-corrected chi connectivity index (χ0v) is 8.73. The number of nitrogens with two attached hydrogens (primary N) is 1. The molecule has 0 aromatic carbocycles. The fourth-order valence-corrected chi connectivity index (χ4v) is 1.43. The Balaban J connectivity index is 0.00000112. The Morgan fingerprint density at radius 3 is 3.00 bits per heavy atom. The highest BCUT2D eigenvalue weighted by Crippen LogP contribution is 2.16. The van der Waals surface area contributed by atoms with Crippen LogP contribution in [-0.4, -0.2) is 15.0 Å². The minimum absolute atomic E-state index is 0. The highest BCUT2D eigenvalue weighted by atomic mass is 35.5.